The topological polar surface area (TPSA) is 72.3 Å². The number of hydrogen-bond acceptors (Lipinski definition) is 5. The first-order valence-electron chi connectivity index (χ1n) is 9.72. The summed E-state index contributed by atoms with van der Waals surface area (Å²) in [6.45, 7) is 7.41. The highest BCUT2D eigenvalue weighted by Crippen LogP contribution is 2.30. The molecule has 1 N–H and O–H groups in total. The van der Waals surface area contributed by atoms with Crippen molar-refractivity contribution >= 4 is 33.4 Å². The second kappa shape index (κ2) is 9.75. The van der Waals surface area contributed by atoms with Crippen LogP contribution in [0.15, 0.2) is 65.7 Å². The average Bonchev–Trinajstić information content (AvgIpc) is 3.20. The molecule has 30 heavy (non-hydrogen) atoms. The lowest BCUT2D eigenvalue weighted by Crippen LogP contribution is -2.36. The number of rotatable bonds is 7. The Balaban J connectivity index is 1.76. The molecule has 0 aliphatic heterocycles. The third-order valence-corrected chi connectivity index (χ3v) is 4.84. The van der Waals surface area contributed by atoms with Crippen molar-refractivity contribution in [3.63, 3.8) is 0 Å². The van der Waals surface area contributed by atoms with Crippen LogP contribution in [0.4, 0.5) is 16.2 Å². The van der Waals surface area contributed by atoms with Crippen LogP contribution >= 0.6 is 15.9 Å². The van der Waals surface area contributed by atoms with Crippen LogP contribution in [0.1, 0.15) is 26.3 Å². The summed E-state index contributed by atoms with van der Waals surface area (Å²) < 4.78 is 8.27. The number of halogens is 1. The predicted molar refractivity (Wildman–Crippen MR) is 122 cm³/mol. The van der Waals surface area contributed by atoms with Gasteiger partial charge in [-0.15, -0.1) is 0 Å². The number of nitrogens with one attached hydrogen (secondary N) is 1. The normalized spacial score (nSPS) is 11.2. The molecule has 0 saturated carbocycles. The number of ether oxygens (including phenoxy) is 1. The van der Waals surface area contributed by atoms with E-state index in [1.807, 2.05) is 69.3 Å². The van der Waals surface area contributed by atoms with E-state index < -0.39 is 5.60 Å². The Kier molecular flexibility index (Phi) is 7.10. The number of carbonyl (C=O) groups excluding carboxylic acids is 1. The molecule has 8 heteroatoms. The molecule has 0 saturated heterocycles. The largest absolute Gasteiger partial charge is 0.443 e. The molecule has 0 unspecified atom stereocenters. The highest BCUT2D eigenvalue weighted by atomic mass is 79.9. The molecule has 0 aliphatic rings. The molecular formula is C22H26BrN5O2. The molecule has 1 aromatic heterocycles. The molecule has 2 aromatic carbocycles. The molecule has 1 amide bonds. The van der Waals surface area contributed by atoms with Crippen LogP contribution in [0.25, 0.3) is 0 Å². The second-order valence-electron chi connectivity index (χ2n) is 7.80. The number of benzene rings is 2. The summed E-state index contributed by atoms with van der Waals surface area (Å²) in [5.41, 5.74) is 2.13. The molecule has 0 fully saturated rings. The van der Waals surface area contributed by atoms with Crippen molar-refractivity contribution in [3.8, 4) is 0 Å². The van der Waals surface area contributed by atoms with Gasteiger partial charge >= 0.3 is 6.09 Å². The van der Waals surface area contributed by atoms with Crippen LogP contribution in [0.5, 0.6) is 0 Å². The Morgan fingerprint density at radius 3 is 2.60 bits per heavy atom. The number of amides is 1. The summed E-state index contributed by atoms with van der Waals surface area (Å²) >= 11 is 3.61. The number of nitrogens with zero attached hydrogens (tertiary/aromatic N) is 4. The maximum absolute atomic E-state index is 12.9. The lowest BCUT2D eigenvalue weighted by molar-refractivity contribution is 0.0577. The van der Waals surface area contributed by atoms with E-state index in [2.05, 4.69) is 31.3 Å². The third kappa shape index (κ3) is 6.32. The molecule has 0 atom stereocenters. The zero-order chi connectivity index (χ0) is 21.6. The molecule has 158 valence electrons. The van der Waals surface area contributed by atoms with Crippen LogP contribution in [0, 0.1) is 0 Å². The van der Waals surface area contributed by atoms with E-state index in [1.54, 1.807) is 15.9 Å². The Labute approximate surface area is 185 Å². The maximum atomic E-state index is 12.9. The fourth-order valence-electron chi connectivity index (χ4n) is 2.81. The van der Waals surface area contributed by atoms with Gasteiger partial charge in [-0.3, -0.25) is 9.58 Å². The molecule has 0 radical (unpaired) electrons. The smallest absolute Gasteiger partial charge is 0.415 e. The lowest BCUT2D eigenvalue weighted by atomic mass is 10.2. The Hall–Kier alpha value is -2.87. The Bertz CT molecular complexity index is 955. The fourth-order valence-corrected chi connectivity index (χ4v) is 3.32. The van der Waals surface area contributed by atoms with Gasteiger partial charge in [0, 0.05) is 22.4 Å². The number of aromatic nitrogens is 3. The summed E-state index contributed by atoms with van der Waals surface area (Å²) in [6, 6.07) is 15.6. The van der Waals surface area contributed by atoms with E-state index in [4.69, 9.17) is 4.74 Å². The molecule has 1 heterocycles. The van der Waals surface area contributed by atoms with Crippen LogP contribution < -0.4 is 10.2 Å². The van der Waals surface area contributed by atoms with Crippen LogP contribution in [0.2, 0.25) is 0 Å². The van der Waals surface area contributed by atoms with E-state index >= 15 is 0 Å². The SMILES string of the molecule is CC(C)(C)OC(=O)N(Cc1ccccc1)c1ccc(NCCn2cncn2)c(Br)c1. The van der Waals surface area contributed by atoms with Crippen molar-refractivity contribution in [2.75, 3.05) is 16.8 Å². The van der Waals surface area contributed by atoms with Crippen molar-refractivity contribution < 1.29 is 9.53 Å². The van der Waals surface area contributed by atoms with Gasteiger partial charge in [-0.25, -0.2) is 9.78 Å². The zero-order valence-corrected chi connectivity index (χ0v) is 19.0. The van der Waals surface area contributed by atoms with Gasteiger partial charge < -0.3 is 10.1 Å². The monoisotopic (exact) mass is 471 g/mol. The van der Waals surface area contributed by atoms with Crippen molar-refractivity contribution in [1.82, 2.24) is 14.8 Å². The van der Waals surface area contributed by atoms with Gasteiger partial charge in [0.05, 0.1) is 13.1 Å². The maximum Gasteiger partial charge on any atom is 0.415 e. The van der Waals surface area contributed by atoms with Crippen LogP contribution in [-0.2, 0) is 17.8 Å². The van der Waals surface area contributed by atoms with E-state index in [-0.39, 0.29) is 6.09 Å². The standard InChI is InChI=1S/C22H26BrN5O2/c1-22(2,3)30-21(29)28(14-17-7-5-4-6-8-17)18-9-10-20(19(23)13-18)25-11-12-27-16-24-15-26-27/h4-10,13,15-16,25H,11-12,14H2,1-3H3. The minimum atomic E-state index is -0.577. The molecule has 3 rings (SSSR count). The van der Waals surface area contributed by atoms with Crippen LogP contribution in [0.3, 0.4) is 0 Å². The van der Waals surface area contributed by atoms with Gasteiger partial charge in [0.15, 0.2) is 0 Å². The van der Waals surface area contributed by atoms with Crippen molar-refractivity contribution in [3.05, 3.63) is 71.2 Å². The van der Waals surface area contributed by atoms with Crippen molar-refractivity contribution in [2.45, 2.75) is 39.5 Å². The van der Waals surface area contributed by atoms with E-state index in [1.165, 1.54) is 6.33 Å². The van der Waals surface area contributed by atoms with Gasteiger partial charge in [-0.2, -0.15) is 5.10 Å². The minimum absolute atomic E-state index is 0.384. The number of hydrogen-bond donors (Lipinski definition) is 1. The summed E-state index contributed by atoms with van der Waals surface area (Å²) in [4.78, 5) is 18.5. The highest BCUT2D eigenvalue weighted by molar-refractivity contribution is 9.10. The Morgan fingerprint density at radius 1 is 1.20 bits per heavy atom. The Morgan fingerprint density at radius 2 is 1.97 bits per heavy atom. The predicted octanol–water partition coefficient (Wildman–Crippen LogP) is 5.09. The summed E-state index contributed by atoms with van der Waals surface area (Å²) in [6.07, 6.45) is 2.82. The average molecular weight is 472 g/mol. The van der Waals surface area contributed by atoms with Crippen molar-refractivity contribution in [2.24, 2.45) is 0 Å². The number of anilines is 2. The van der Waals surface area contributed by atoms with Gasteiger partial charge in [0.25, 0.3) is 0 Å². The molecule has 0 bridgehead atoms. The highest BCUT2D eigenvalue weighted by Gasteiger charge is 2.24. The third-order valence-electron chi connectivity index (χ3n) is 4.18. The minimum Gasteiger partial charge on any atom is -0.443 e. The molecular weight excluding hydrogens is 446 g/mol. The van der Waals surface area contributed by atoms with E-state index in [9.17, 15) is 4.79 Å². The van der Waals surface area contributed by atoms with Gasteiger partial charge in [0.2, 0.25) is 0 Å². The molecule has 0 aliphatic carbocycles. The van der Waals surface area contributed by atoms with Gasteiger partial charge in [-0.05, 0) is 60.5 Å². The molecule has 7 nitrogen and oxygen atoms in total. The molecule has 3 aromatic rings. The van der Waals surface area contributed by atoms with E-state index in [0.29, 0.717) is 19.6 Å². The van der Waals surface area contributed by atoms with Crippen molar-refractivity contribution in [1.29, 1.82) is 0 Å². The van der Waals surface area contributed by atoms with Gasteiger partial charge in [0.1, 0.15) is 18.3 Å². The first-order chi connectivity index (χ1) is 14.3. The first kappa shape index (κ1) is 21.8. The summed E-state index contributed by atoms with van der Waals surface area (Å²) in [5.74, 6) is 0. The number of carbonyl (C=O) groups is 1. The van der Waals surface area contributed by atoms with Crippen LogP contribution in [-0.4, -0.2) is 33.0 Å². The summed E-state index contributed by atoms with van der Waals surface area (Å²) in [7, 11) is 0. The van der Waals surface area contributed by atoms with Gasteiger partial charge in [-0.1, -0.05) is 30.3 Å². The quantitative estimate of drug-likeness (QED) is 0.519. The summed E-state index contributed by atoms with van der Waals surface area (Å²) in [5, 5.41) is 7.46. The second-order valence-corrected chi connectivity index (χ2v) is 8.66. The molecule has 0 spiro atoms. The zero-order valence-electron chi connectivity index (χ0n) is 17.4. The first-order valence-corrected chi connectivity index (χ1v) is 10.5. The fraction of sp³-hybridized carbons (Fsp3) is 0.318. The lowest BCUT2D eigenvalue weighted by Gasteiger charge is -2.28. The van der Waals surface area contributed by atoms with E-state index in [0.717, 1.165) is 21.4 Å².